The van der Waals surface area contributed by atoms with E-state index in [0.29, 0.717) is 30.8 Å². The average molecular weight is 324 g/mol. The van der Waals surface area contributed by atoms with E-state index >= 15 is 0 Å². The van der Waals surface area contributed by atoms with Crippen LogP contribution >= 0.6 is 0 Å². The Morgan fingerprint density at radius 2 is 2.00 bits per heavy atom. The Balaban J connectivity index is 1.71. The first-order valence-electron chi connectivity index (χ1n) is 7.95. The number of carbonyl (C=O) groups excluding carboxylic acids is 2. The number of nitrogens with zero attached hydrogens (tertiary/aromatic N) is 1. The van der Waals surface area contributed by atoms with Gasteiger partial charge in [-0.2, -0.15) is 0 Å². The maximum atomic E-state index is 12.6. The number of hydrogen-bond acceptors (Lipinski definition) is 3. The van der Waals surface area contributed by atoms with Crippen molar-refractivity contribution in [3.8, 4) is 5.75 Å². The van der Waals surface area contributed by atoms with Gasteiger partial charge in [-0.15, -0.1) is 0 Å². The fourth-order valence-corrected chi connectivity index (χ4v) is 2.91. The number of hydrogen-bond donors (Lipinski definition) is 1. The summed E-state index contributed by atoms with van der Waals surface area (Å²) in [5.74, 6) is 0.533. The zero-order chi connectivity index (χ0) is 16.9. The highest BCUT2D eigenvalue weighted by atomic mass is 16.5. The summed E-state index contributed by atoms with van der Waals surface area (Å²) < 4.78 is 5.16. The molecule has 5 heteroatoms. The Morgan fingerprint density at radius 3 is 2.75 bits per heavy atom. The summed E-state index contributed by atoms with van der Waals surface area (Å²) >= 11 is 0. The van der Waals surface area contributed by atoms with Crippen LogP contribution in [0.1, 0.15) is 18.4 Å². The molecule has 1 N–H and O–H groups in total. The van der Waals surface area contributed by atoms with Crippen LogP contribution in [0.3, 0.4) is 0 Å². The molecule has 124 valence electrons. The molecule has 2 amide bonds. The molecule has 0 spiro atoms. The molecule has 1 unspecified atom stereocenters. The highest BCUT2D eigenvalue weighted by Crippen LogP contribution is 2.24. The van der Waals surface area contributed by atoms with Gasteiger partial charge < -0.3 is 15.0 Å². The predicted octanol–water partition coefficient (Wildman–Crippen LogP) is 2.82. The van der Waals surface area contributed by atoms with E-state index in [1.54, 1.807) is 24.1 Å². The first-order chi connectivity index (χ1) is 11.7. The number of likely N-dealkylation sites (tertiary alicyclic amines) is 1. The summed E-state index contributed by atoms with van der Waals surface area (Å²) in [6.07, 6.45) is 0.949. The molecule has 1 heterocycles. The Morgan fingerprint density at radius 1 is 1.21 bits per heavy atom. The molecule has 5 nitrogen and oxygen atoms in total. The van der Waals surface area contributed by atoms with Crippen molar-refractivity contribution < 1.29 is 14.3 Å². The minimum Gasteiger partial charge on any atom is -0.497 e. The third kappa shape index (κ3) is 3.56. The number of ether oxygens (including phenoxy) is 1. The van der Waals surface area contributed by atoms with Gasteiger partial charge in [0.1, 0.15) is 11.8 Å². The van der Waals surface area contributed by atoms with Gasteiger partial charge in [-0.1, -0.05) is 36.4 Å². The van der Waals surface area contributed by atoms with Crippen LogP contribution in [-0.2, 0) is 16.1 Å². The molecule has 2 aromatic carbocycles. The summed E-state index contributed by atoms with van der Waals surface area (Å²) in [5, 5.41) is 2.88. The summed E-state index contributed by atoms with van der Waals surface area (Å²) in [7, 11) is 1.58. The minimum atomic E-state index is -0.441. The zero-order valence-corrected chi connectivity index (χ0v) is 13.6. The van der Waals surface area contributed by atoms with Gasteiger partial charge in [0.25, 0.3) is 0 Å². The highest BCUT2D eigenvalue weighted by molar-refractivity contribution is 5.99. The number of benzene rings is 2. The normalized spacial score (nSPS) is 17.0. The average Bonchev–Trinajstić information content (AvgIpc) is 2.97. The molecule has 0 aliphatic carbocycles. The van der Waals surface area contributed by atoms with Crippen molar-refractivity contribution in [1.82, 2.24) is 4.90 Å². The van der Waals surface area contributed by atoms with E-state index in [1.165, 1.54) is 0 Å². The van der Waals surface area contributed by atoms with Crippen molar-refractivity contribution in [1.29, 1.82) is 0 Å². The molecule has 2 aromatic rings. The molecule has 0 bridgehead atoms. The van der Waals surface area contributed by atoms with Crippen molar-refractivity contribution >= 4 is 17.5 Å². The maximum absolute atomic E-state index is 12.6. The van der Waals surface area contributed by atoms with Gasteiger partial charge in [0.15, 0.2) is 0 Å². The van der Waals surface area contributed by atoms with Crippen molar-refractivity contribution in [3.63, 3.8) is 0 Å². The third-order valence-corrected chi connectivity index (χ3v) is 4.16. The number of nitrogens with one attached hydrogen (secondary N) is 1. The van der Waals surface area contributed by atoms with Gasteiger partial charge in [0, 0.05) is 24.7 Å². The molecule has 0 saturated carbocycles. The molecule has 1 fully saturated rings. The van der Waals surface area contributed by atoms with Crippen LogP contribution in [0.15, 0.2) is 54.6 Å². The number of methoxy groups -OCH3 is 1. The zero-order valence-electron chi connectivity index (χ0n) is 13.6. The summed E-state index contributed by atoms with van der Waals surface area (Å²) in [5.41, 5.74) is 1.69. The number of amides is 2. The lowest BCUT2D eigenvalue weighted by Crippen LogP contribution is -2.41. The third-order valence-electron chi connectivity index (χ3n) is 4.16. The van der Waals surface area contributed by atoms with Gasteiger partial charge in [0.2, 0.25) is 11.8 Å². The fourth-order valence-electron chi connectivity index (χ4n) is 2.91. The van der Waals surface area contributed by atoms with Gasteiger partial charge in [-0.05, 0) is 24.1 Å². The van der Waals surface area contributed by atoms with Crippen LogP contribution in [0, 0.1) is 0 Å². The maximum Gasteiger partial charge on any atom is 0.247 e. The molecule has 1 saturated heterocycles. The second-order valence-corrected chi connectivity index (χ2v) is 5.78. The predicted molar refractivity (Wildman–Crippen MR) is 91.6 cm³/mol. The quantitative estimate of drug-likeness (QED) is 0.920. The van der Waals surface area contributed by atoms with E-state index < -0.39 is 6.04 Å². The lowest BCUT2D eigenvalue weighted by molar-refractivity contribution is -0.133. The van der Waals surface area contributed by atoms with E-state index in [4.69, 9.17) is 4.74 Å². The highest BCUT2D eigenvalue weighted by Gasteiger charge is 2.35. The van der Waals surface area contributed by atoms with Gasteiger partial charge in [-0.3, -0.25) is 9.59 Å². The van der Waals surface area contributed by atoms with Crippen LogP contribution in [0.2, 0.25) is 0 Å². The monoisotopic (exact) mass is 324 g/mol. The molecule has 3 rings (SSSR count). The molecular weight excluding hydrogens is 304 g/mol. The molecule has 0 radical (unpaired) electrons. The van der Waals surface area contributed by atoms with Crippen molar-refractivity contribution in [2.75, 3.05) is 12.4 Å². The molecular formula is C19H20N2O3. The van der Waals surface area contributed by atoms with Crippen LogP contribution in [0.5, 0.6) is 5.75 Å². The molecule has 1 aliphatic rings. The largest absolute Gasteiger partial charge is 0.497 e. The van der Waals surface area contributed by atoms with Gasteiger partial charge >= 0.3 is 0 Å². The van der Waals surface area contributed by atoms with E-state index in [9.17, 15) is 9.59 Å². The van der Waals surface area contributed by atoms with Crippen molar-refractivity contribution in [3.05, 3.63) is 60.2 Å². The number of anilines is 1. The summed E-state index contributed by atoms with van der Waals surface area (Å²) in [6, 6.07) is 16.5. The van der Waals surface area contributed by atoms with E-state index in [-0.39, 0.29) is 11.8 Å². The first kappa shape index (κ1) is 16.1. The Bertz CT molecular complexity index is 730. The van der Waals surface area contributed by atoms with Gasteiger partial charge in [0.05, 0.1) is 7.11 Å². The minimum absolute atomic E-state index is 0.0182. The SMILES string of the molecule is COc1cccc(NC(=O)C2CCC(=O)N2Cc2ccccc2)c1. The van der Waals surface area contributed by atoms with E-state index in [2.05, 4.69) is 5.32 Å². The molecule has 1 aliphatic heterocycles. The van der Waals surface area contributed by atoms with Crippen LogP contribution in [0.25, 0.3) is 0 Å². The molecule has 1 atom stereocenters. The number of carbonyl (C=O) groups is 2. The lowest BCUT2D eigenvalue weighted by Gasteiger charge is -2.24. The smallest absolute Gasteiger partial charge is 0.247 e. The second kappa shape index (κ2) is 7.17. The molecule has 0 aromatic heterocycles. The fraction of sp³-hybridized carbons (Fsp3) is 0.263. The lowest BCUT2D eigenvalue weighted by atomic mass is 10.1. The summed E-state index contributed by atoms with van der Waals surface area (Å²) in [6.45, 7) is 0.454. The second-order valence-electron chi connectivity index (χ2n) is 5.78. The van der Waals surface area contributed by atoms with Crippen LogP contribution in [-0.4, -0.2) is 29.9 Å². The first-order valence-corrected chi connectivity index (χ1v) is 7.95. The van der Waals surface area contributed by atoms with Crippen LogP contribution < -0.4 is 10.1 Å². The Kier molecular flexibility index (Phi) is 4.79. The summed E-state index contributed by atoms with van der Waals surface area (Å²) in [4.78, 5) is 26.4. The van der Waals surface area contributed by atoms with Crippen molar-refractivity contribution in [2.45, 2.75) is 25.4 Å². The number of rotatable bonds is 5. The molecule has 24 heavy (non-hydrogen) atoms. The standard InChI is InChI=1S/C19H20N2O3/c1-24-16-9-5-8-15(12-16)20-19(23)17-10-11-18(22)21(17)13-14-6-3-2-4-7-14/h2-9,12,17H,10-11,13H2,1H3,(H,20,23). The van der Waals surface area contributed by atoms with Gasteiger partial charge in [-0.25, -0.2) is 0 Å². The van der Waals surface area contributed by atoms with E-state index in [1.807, 2.05) is 42.5 Å². The Labute approximate surface area is 141 Å². The van der Waals surface area contributed by atoms with Crippen LogP contribution in [0.4, 0.5) is 5.69 Å². The van der Waals surface area contributed by atoms with E-state index in [0.717, 1.165) is 5.56 Å². The topological polar surface area (TPSA) is 58.6 Å². The Hall–Kier alpha value is -2.82. The van der Waals surface area contributed by atoms with Crippen molar-refractivity contribution in [2.24, 2.45) is 0 Å².